The van der Waals surface area contributed by atoms with E-state index in [9.17, 15) is 14.4 Å². The maximum absolute atomic E-state index is 13.2. The highest BCUT2D eigenvalue weighted by molar-refractivity contribution is 6.24. The molecule has 3 aromatic rings. The molecule has 0 saturated heterocycles. The number of amides is 2. The topological polar surface area (TPSA) is 100 Å². The number of hydrogen-bond donors (Lipinski definition) is 2. The Hall–Kier alpha value is -4.30. The normalized spacial score (nSPS) is 14.7. The first kappa shape index (κ1) is 24.8. The van der Waals surface area contributed by atoms with Gasteiger partial charge in [0.2, 0.25) is 5.91 Å². The molecule has 0 radical (unpaired) electrons. The van der Waals surface area contributed by atoms with Crippen LogP contribution in [0.5, 0.6) is 0 Å². The highest BCUT2D eigenvalue weighted by atomic mass is 16.5. The number of carbonyl (C=O) groups excluding carboxylic acids is 3. The quantitative estimate of drug-likeness (QED) is 0.376. The molecule has 4 rings (SSSR count). The zero-order chi connectivity index (χ0) is 25.7. The van der Waals surface area contributed by atoms with Gasteiger partial charge in [-0.15, -0.1) is 0 Å². The summed E-state index contributed by atoms with van der Waals surface area (Å²) in [5, 5.41) is 5.91. The van der Waals surface area contributed by atoms with Gasteiger partial charge in [0, 0.05) is 31.4 Å². The first-order valence-corrected chi connectivity index (χ1v) is 11.6. The lowest BCUT2D eigenvalue weighted by Crippen LogP contribution is -2.32. The molecule has 184 valence electrons. The van der Waals surface area contributed by atoms with Crippen LogP contribution in [-0.4, -0.2) is 62.7 Å². The number of nitrogens with zero attached hydrogens (tertiary/aromatic N) is 2. The van der Waals surface area contributed by atoms with Gasteiger partial charge in [-0.05, 0) is 48.5 Å². The largest absolute Gasteiger partial charge is 0.465 e. The summed E-state index contributed by atoms with van der Waals surface area (Å²) in [5.41, 5.74) is 4.02. The molecule has 3 aromatic carbocycles. The third kappa shape index (κ3) is 5.18. The van der Waals surface area contributed by atoms with Crippen molar-refractivity contribution in [2.45, 2.75) is 5.92 Å². The molecule has 36 heavy (non-hydrogen) atoms. The molecule has 0 aromatic heterocycles. The third-order valence-corrected chi connectivity index (χ3v) is 6.04. The van der Waals surface area contributed by atoms with E-state index >= 15 is 0 Å². The summed E-state index contributed by atoms with van der Waals surface area (Å²) in [6, 6.07) is 21.5. The minimum atomic E-state index is -0.688. The van der Waals surface area contributed by atoms with Crippen molar-refractivity contribution >= 4 is 34.9 Å². The molecular formula is C28H28N4O4. The first-order valence-electron chi connectivity index (χ1n) is 11.6. The summed E-state index contributed by atoms with van der Waals surface area (Å²) in [4.78, 5) is 44.6. The summed E-state index contributed by atoms with van der Waals surface area (Å²) < 4.78 is 4.80. The van der Waals surface area contributed by atoms with Crippen LogP contribution in [0.1, 0.15) is 37.8 Å². The molecule has 0 aliphatic carbocycles. The Morgan fingerprint density at radius 3 is 2.47 bits per heavy atom. The molecule has 2 N–H and O–H groups in total. The minimum absolute atomic E-state index is 0.108. The molecule has 1 atom stereocenters. The summed E-state index contributed by atoms with van der Waals surface area (Å²) in [5.74, 6) is -1.52. The van der Waals surface area contributed by atoms with Gasteiger partial charge in [-0.25, -0.2) is 4.79 Å². The number of nitrogens with one attached hydrogen (secondary N) is 2. The Labute approximate surface area is 210 Å². The van der Waals surface area contributed by atoms with Crippen molar-refractivity contribution in [3.05, 3.63) is 95.1 Å². The van der Waals surface area contributed by atoms with Gasteiger partial charge in [0.1, 0.15) is 5.92 Å². The van der Waals surface area contributed by atoms with E-state index in [4.69, 9.17) is 9.73 Å². The lowest BCUT2D eigenvalue weighted by molar-refractivity contribution is -0.115. The molecule has 8 heteroatoms. The smallest absolute Gasteiger partial charge is 0.337 e. The van der Waals surface area contributed by atoms with E-state index in [0.717, 1.165) is 5.56 Å². The number of benzene rings is 3. The molecule has 0 bridgehead atoms. The highest BCUT2D eigenvalue weighted by Crippen LogP contribution is 2.37. The number of carbonyl (C=O) groups is 3. The SMILES string of the molecule is CNCCN(C)C(=O)c1cccc(N=C(c2ccccc2)C2C(=O)Nc3cc(C(=O)OC)ccc32)c1. The predicted octanol–water partition coefficient (Wildman–Crippen LogP) is 3.62. The summed E-state index contributed by atoms with van der Waals surface area (Å²) >= 11 is 0. The van der Waals surface area contributed by atoms with Crippen LogP contribution < -0.4 is 10.6 Å². The van der Waals surface area contributed by atoms with Gasteiger partial charge in [0.05, 0.1) is 24.1 Å². The van der Waals surface area contributed by atoms with E-state index in [0.29, 0.717) is 46.9 Å². The van der Waals surface area contributed by atoms with E-state index in [2.05, 4.69) is 10.6 Å². The van der Waals surface area contributed by atoms with Crippen molar-refractivity contribution in [2.75, 3.05) is 39.6 Å². The number of anilines is 1. The van der Waals surface area contributed by atoms with E-state index in [1.54, 1.807) is 54.4 Å². The van der Waals surface area contributed by atoms with Gasteiger partial charge in [-0.2, -0.15) is 0 Å². The zero-order valence-electron chi connectivity index (χ0n) is 20.4. The van der Waals surface area contributed by atoms with E-state index in [1.807, 2.05) is 37.4 Å². The number of aliphatic imine (C=N–C) groups is 1. The number of fused-ring (bicyclic) bond motifs is 1. The number of ether oxygens (including phenoxy) is 1. The Morgan fingerprint density at radius 2 is 1.75 bits per heavy atom. The lowest BCUT2D eigenvalue weighted by atomic mass is 9.90. The Balaban J connectivity index is 1.76. The van der Waals surface area contributed by atoms with Gasteiger partial charge in [0.15, 0.2) is 0 Å². The summed E-state index contributed by atoms with van der Waals surface area (Å²) in [7, 11) is 4.91. The average Bonchev–Trinajstić information content (AvgIpc) is 3.24. The van der Waals surface area contributed by atoms with Gasteiger partial charge in [-0.1, -0.05) is 42.5 Å². The molecule has 1 heterocycles. The van der Waals surface area contributed by atoms with Crippen molar-refractivity contribution < 1.29 is 19.1 Å². The average molecular weight is 485 g/mol. The minimum Gasteiger partial charge on any atom is -0.465 e. The van der Waals surface area contributed by atoms with Gasteiger partial charge < -0.3 is 20.3 Å². The van der Waals surface area contributed by atoms with Gasteiger partial charge in [0.25, 0.3) is 5.91 Å². The molecule has 2 amide bonds. The van der Waals surface area contributed by atoms with Crippen molar-refractivity contribution in [3.63, 3.8) is 0 Å². The molecule has 0 spiro atoms. The maximum atomic E-state index is 13.2. The second-order valence-corrected chi connectivity index (χ2v) is 8.46. The monoisotopic (exact) mass is 484 g/mol. The van der Waals surface area contributed by atoms with E-state index in [1.165, 1.54) is 7.11 Å². The molecule has 0 fully saturated rings. The van der Waals surface area contributed by atoms with Crippen molar-refractivity contribution in [1.82, 2.24) is 10.2 Å². The van der Waals surface area contributed by atoms with Crippen LogP contribution in [0.3, 0.4) is 0 Å². The molecule has 0 saturated carbocycles. The predicted molar refractivity (Wildman–Crippen MR) is 139 cm³/mol. The van der Waals surface area contributed by atoms with Crippen LogP contribution in [0.15, 0.2) is 77.8 Å². The molecule has 1 aliphatic rings. The number of methoxy groups -OCH3 is 1. The maximum Gasteiger partial charge on any atom is 0.337 e. The third-order valence-electron chi connectivity index (χ3n) is 6.04. The van der Waals surface area contributed by atoms with Crippen LogP contribution in [0.4, 0.5) is 11.4 Å². The van der Waals surface area contributed by atoms with Crippen molar-refractivity contribution in [3.8, 4) is 0 Å². The van der Waals surface area contributed by atoms with Crippen LogP contribution in [0, 0.1) is 0 Å². The van der Waals surface area contributed by atoms with Gasteiger partial charge in [-0.3, -0.25) is 14.6 Å². The van der Waals surface area contributed by atoms with Crippen LogP contribution >= 0.6 is 0 Å². The second kappa shape index (κ2) is 11.0. The second-order valence-electron chi connectivity index (χ2n) is 8.46. The summed E-state index contributed by atoms with van der Waals surface area (Å²) in [6.07, 6.45) is 0. The zero-order valence-corrected chi connectivity index (χ0v) is 20.4. The fourth-order valence-electron chi connectivity index (χ4n) is 4.13. The van der Waals surface area contributed by atoms with Crippen LogP contribution in [-0.2, 0) is 9.53 Å². The Bertz CT molecular complexity index is 1320. The molecule has 8 nitrogen and oxygen atoms in total. The number of esters is 1. The number of rotatable bonds is 8. The first-order chi connectivity index (χ1) is 17.4. The lowest BCUT2D eigenvalue weighted by Gasteiger charge is -2.17. The Morgan fingerprint density at radius 1 is 1.00 bits per heavy atom. The van der Waals surface area contributed by atoms with Gasteiger partial charge >= 0.3 is 5.97 Å². The number of hydrogen-bond acceptors (Lipinski definition) is 6. The van der Waals surface area contributed by atoms with Crippen LogP contribution in [0.25, 0.3) is 0 Å². The standard InChI is InChI=1S/C28H28N4O4/c1-29-14-15-32(2)27(34)19-10-7-11-21(16-19)30-25(18-8-5-4-6-9-18)24-22-13-12-20(28(35)36-3)17-23(22)31-26(24)33/h4-13,16-17,24,29H,14-15H2,1-3H3,(H,31,33). The van der Waals surface area contributed by atoms with Crippen molar-refractivity contribution in [1.29, 1.82) is 0 Å². The number of likely N-dealkylation sites (N-methyl/N-ethyl adjacent to an activating group) is 2. The summed E-state index contributed by atoms with van der Waals surface area (Å²) in [6.45, 7) is 1.26. The van der Waals surface area contributed by atoms with E-state index < -0.39 is 11.9 Å². The van der Waals surface area contributed by atoms with Crippen molar-refractivity contribution in [2.24, 2.45) is 4.99 Å². The van der Waals surface area contributed by atoms with E-state index in [-0.39, 0.29) is 11.8 Å². The Kier molecular flexibility index (Phi) is 7.56. The highest BCUT2D eigenvalue weighted by Gasteiger charge is 2.36. The fraction of sp³-hybridized carbons (Fsp3) is 0.214. The fourth-order valence-corrected chi connectivity index (χ4v) is 4.13. The molecular weight excluding hydrogens is 456 g/mol. The molecule has 1 aliphatic heterocycles. The molecule has 1 unspecified atom stereocenters. The van der Waals surface area contributed by atoms with Crippen LogP contribution in [0.2, 0.25) is 0 Å².